The minimum absolute atomic E-state index is 0.213. The van der Waals surface area contributed by atoms with Crippen LogP contribution in [0.5, 0.6) is 0 Å². The number of hydrogen-bond donors (Lipinski definition) is 1. The van der Waals surface area contributed by atoms with E-state index in [9.17, 15) is 0 Å². The molecule has 0 spiro atoms. The highest BCUT2D eigenvalue weighted by Gasteiger charge is 2.25. The second-order valence-corrected chi connectivity index (χ2v) is 7.73. The van der Waals surface area contributed by atoms with Crippen molar-refractivity contribution in [1.82, 2.24) is 29.2 Å². The molecule has 1 saturated heterocycles. The van der Waals surface area contributed by atoms with Crippen LogP contribution in [0.15, 0.2) is 45.7 Å². The van der Waals surface area contributed by atoms with Crippen LogP contribution >= 0.6 is 23.3 Å². The standard InChI is InChI=1S/C17H16N8OS2/c1-27-17-19-16(28-24-17)21-20-13-12(10-5-3-2-4-6-10)22-25-15(13)18-14(23-25)11-7-8-26-9-11/h2-6,11,22H,7-9H2,1H3. The molecule has 1 aliphatic rings. The summed E-state index contributed by atoms with van der Waals surface area (Å²) in [6, 6.07) is 9.94. The number of H-pyrrole nitrogens is 1. The first-order valence-corrected chi connectivity index (χ1v) is 10.7. The second-order valence-electron chi connectivity index (χ2n) is 6.23. The molecular weight excluding hydrogens is 396 g/mol. The number of benzene rings is 1. The first-order valence-electron chi connectivity index (χ1n) is 8.73. The van der Waals surface area contributed by atoms with Gasteiger partial charge in [-0.1, -0.05) is 42.1 Å². The summed E-state index contributed by atoms with van der Waals surface area (Å²) in [7, 11) is 0. The van der Waals surface area contributed by atoms with E-state index in [1.54, 1.807) is 4.63 Å². The summed E-state index contributed by atoms with van der Waals surface area (Å²) in [5.41, 5.74) is 3.06. The van der Waals surface area contributed by atoms with E-state index in [0.29, 0.717) is 28.2 Å². The van der Waals surface area contributed by atoms with Crippen molar-refractivity contribution in [3.8, 4) is 11.3 Å². The number of aromatic amines is 1. The highest BCUT2D eigenvalue weighted by atomic mass is 32.2. The third kappa shape index (κ3) is 3.21. The monoisotopic (exact) mass is 412 g/mol. The van der Waals surface area contributed by atoms with Crippen LogP contribution in [0.25, 0.3) is 16.9 Å². The van der Waals surface area contributed by atoms with Gasteiger partial charge in [-0.25, -0.2) is 4.98 Å². The topological polar surface area (TPSA) is 106 Å². The van der Waals surface area contributed by atoms with Crippen LogP contribution in [-0.4, -0.2) is 48.6 Å². The molecule has 0 aliphatic carbocycles. The fraction of sp³-hybridized carbons (Fsp3) is 0.294. The van der Waals surface area contributed by atoms with Crippen LogP contribution < -0.4 is 0 Å². The van der Waals surface area contributed by atoms with Crippen molar-refractivity contribution >= 4 is 39.8 Å². The summed E-state index contributed by atoms with van der Waals surface area (Å²) in [5.74, 6) is 0.978. The van der Waals surface area contributed by atoms with Crippen LogP contribution in [0.4, 0.5) is 10.8 Å². The first kappa shape index (κ1) is 17.5. The number of hydrogen-bond acceptors (Lipinski definition) is 9. The Hall–Kier alpha value is -2.63. The zero-order chi connectivity index (χ0) is 18.9. The first-order chi connectivity index (χ1) is 13.8. The predicted molar refractivity (Wildman–Crippen MR) is 107 cm³/mol. The van der Waals surface area contributed by atoms with Crippen LogP contribution in [0.3, 0.4) is 0 Å². The largest absolute Gasteiger partial charge is 0.381 e. The van der Waals surface area contributed by atoms with E-state index in [1.165, 1.54) is 23.3 Å². The van der Waals surface area contributed by atoms with E-state index in [4.69, 9.17) is 9.72 Å². The molecule has 9 nitrogen and oxygen atoms in total. The van der Waals surface area contributed by atoms with Crippen molar-refractivity contribution in [2.75, 3.05) is 19.5 Å². The van der Waals surface area contributed by atoms with E-state index >= 15 is 0 Å². The Morgan fingerprint density at radius 2 is 2.14 bits per heavy atom. The van der Waals surface area contributed by atoms with Gasteiger partial charge in [0.1, 0.15) is 0 Å². The lowest BCUT2D eigenvalue weighted by Crippen LogP contribution is -2.01. The second kappa shape index (κ2) is 7.41. The van der Waals surface area contributed by atoms with E-state index in [2.05, 4.69) is 29.8 Å². The fourth-order valence-electron chi connectivity index (χ4n) is 3.06. The van der Waals surface area contributed by atoms with Gasteiger partial charge >= 0.3 is 0 Å². The lowest BCUT2D eigenvalue weighted by Gasteiger charge is -2.01. The van der Waals surface area contributed by atoms with Gasteiger partial charge in [-0.05, 0) is 12.7 Å². The zero-order valence-electron chi connectivity index (χ0n) is 14.9. The number of azo groups is 1. The van der Waals surface area contributed by atoms with Gasteiger partial charge in [0.2, 0.25) is 15.9 Å². The van der Waals surface area contributed by atoms with Crippen molar-refractivity contribution in [3.63, 3.8) is 0 Å². The molecule has 142 valence electrons. The highest BCUT2D eigenvalue weighted by molar-refractivity contribution is 7.98. The Labute approximate surface area is 168 Å². The van der Waals surface area contributed by atoms with E-state index in [0.717, 1.165) is 30.1 Å². The van der Waals surface area contributed by atoms with Gasteiger partial charge in [-0.15, -0.1) is 15.3 Å². The van der Waals surface area contributed by atoms with Gasteiger partial charge in [-0.2, -0.15) is 14.0 Å². The van der Waals surface area contributed by atoms with Gasteiger partial charge < -0.3 is 4.74 Å². The SMILES string of the molecule is CSc1nsc(N=Nc2c(-c3ccccc3)[nH]n3nc(C4CCOC4)nc23)n1. The molecule has 1 unspecified atom stereocenters. The normalized spacial score (nSPS) is 17.2. The fourth-order valence-corrected chi connectivity index (χ4v) is 4.11. The molecule has 4 aromatic rings. The number of fused-ring (bicyclic) bond motifs is 1. The number of ether oxygens (including phenoxy) is 1. The molecule has 3 aromatic heterocycles. The molecule has 0 amide bonds. The quantitative estimate of drug-likeness (QED) is 0.389. The minimum atomic E-state index is 0.213. The van der Waals surface area contributed by atoms with E-state index in [-0.39, 0.29) is 5.92 Å². The third-order valence-corrected chi connectivity index (χ3v) is 5.73. The molecular formula is C17H16N8OS2. The van der Waals surface area contributed by atoms with Crippen molar-refractivity contribution in [2.24, 2.45) is 10.2 Å². The molecule has 0 saturated carbocycles. The summed E-state index contributed by atoms with van der Waals surface area (Å²) in [6.45, 7) is 1.40. The molecule has 1 aliphatic heterocycles. The molecule has 1 atom stereocenters. The molecule has 0 bridgehead atoms. The van der Waals surface area contributed by atoms with Gasteiger partial charge in [0.25, 0.3) is 0 Å². The van der Waals surface area contributed by atoms with Gasteiger partial charge in [0.05, 0.1) is 12.3 Å². The van der Waals surface area contributed by atoms with Crippen LogP contribution in [0, 0.1) is 0 Å². The highest BCUT2D eigenvalue weighted by Crippen LogP contribution is 2.35. The van der Waals surface area contributed by atoms with Crippen molar-refractivity contribution in [1.29, 1.82) is 0 Å². The lowest BCUT2D eigenvalue weighted by atomic mass is 10.1. The Morgan fingerprint density at radius 1 is 1.25 bits per heavy atom. The maximum absolute atomic E-state index is 5.47. The van der Waals surface area contributed by atoms with E-state index < -0.39 is 0 Å². The molecule has 1 aromatic carbocycles. The Kier molecular flexibility index (Phi) is 4.63. The zero-order valence-corrected chi connectivity index (χ0v) is 16.6. The van der Waals surface area contributed by atoms with Gasteiger partial charge in [0, 0.05) is 29.6 Å². The Balaban J connectivity index is 1.59. The average Bonchev–Trinajstić information content (AvgIpc) is 3.50. The number of nitrogens with one attached hydrogen (secondary N) is 1. The molecule has 28 heavy (non-hydrogen) atoms. The minimum Gasteiger partial charge on any atom is -0.381 e. The predicted octanol–water partition coefficient (Wildman–Crippen LogP) is 4.22. The van der Waals surface area contributed by atoms with Crippen LogP contribution in [0.2, 0.25) is 0 Å². The molecule has 4 heterocycles. The molecule has 1 N–H and O–H groups in total. The number of rotatable bonds is 5. The van der Waals surface area contributed by atoms with Gasteiger partial charge in [-0.3, -0.25) is 5.10 Å². The number of thioether (sulfide) groups is 1. The molecule has 5 rings (SSSR count). The summed E-state index contributed by atoms with van der Waals surface area (Å²) in [5, 5.41) is 17.9. The van der Waals surface area contributed by atoms with Crippen molar-refractivity contribution in [2.45, 2.75) is 17.5 Å². The molecule has 11 heteroatoms. The summed E-state index contributed by atoms with van der Waals surface area (Å²) in [4.78, 5) is 9.04. The molecule has 1 fully saturated rings. The van der Waals surface area contributed by atoms with Crippen molar-refractivity contribution < 1.29 is 4.74 Å². The Morgan fingerprint density at radius 3 is 2.89 bits per heavy atom. The lowest BCUT2D eigenvalue weighted by molar-refractivity contribution is 0.193. The average molecular weight is 413 g/mol. The third-order valence-electron chi connectivity index (χ3n) is 4.46. The van der Waals surface area contributed by atoms with Crippen LogP contribution in [-0.2, 0) is 4.74 Å². The molecule has 0 radical (unpaired) electrons. The Bertz CT molecular complexity index is 1130. The maximum Gasteiger partial charge on any atom is 0.250 e. The summed E-state index contributed by atoms with van der Waals surface area (Å²) in [6.07, 6.45) is 2.86. The van der Waals surface area contributed by atoms with Crippen molar-refractivity contribution in [3.05, 3.63) is 36.2 Å². The smallest absolute Gasteiger partial charge is 0.250 e. The summed E-state index contributed by atoms with van der Waals surface area (Å²) >= 11 is 2.69. The maximum atomic E-state index is 5.47. The number of nitrogens with zero attached hydrogens (tertiary/aromatic N) is 7. The van der Waals surface area contributed by atoms with Gasteiger partial charge in [0.15, 0.2) is 11.5 Å². The van der Waals surface area contributed by atoms with E-state index in [1.807, 2.05) is 36.6 Å². The summed E-state index contributed by atoms with van der Waals surface area (Å²) < 4.78 is 11.4. The van der Waals surface area contributed by atoms with Crippen LogP contribution in [0.1, 0.15) is 18.2 Å². The number of aromatic nitrogens is 6.